The lowest BCUT2D eigenvalue weighted by atomic mass is 10.1. The molecular weight excluding hydrogens is 749 g/mol. The first-order chi connectivity index (χ1) is 26.1. The Kier molecular flexibility index (Phi) is 13.1. The van der Waals surface area contributed by atoms with Crippen LogP contribution in [0.5, 0.6) is 0 Å². The first-order valence-electron chi connectivity index (χ1n) is 16.8. The molecule has 0 spiro atoms. The lowest BCUT2D eigenvalue weighted by molar-refractivity contribution is -0.142. The van der Waals surface area contributed by atoms with Crippen molar-refractivity contribution in [1.82, 2.24) is 29.2 Å². The van der Waals surface area contributed by atoms with Gasteiger partial charge >= 0.3 is 25.1 Å². The normalized spacial score (nSPS) is 23.7. The Hall–Kier alpha value is -5.15. The number of aromatic nitrogens is 5. The highest BCUT2D eigenvalue weighted by Crippen LogP contribution is 2.40. The Balaban J connectivity index is 0.000000284. The molecule has 0 saturated carbocycles. The summed E-state index contributed by atoms with van der Waals surface area (Å²) in [5.41, 5.74) is 8.85. The first kappa shape index (κ1) is 41.0. The molecule has 1 unspecified atom stereocenters. The van der Waals surface area contributed by atoms with E-state index in [4.69, 9.17) is 29.4 Å². The van der Waals surface area contributed by atoms with Gasteiger partial charge in [0.15, 0.2) is 0 Å². The van der Waals surface area contributed by atoms with Gasteiger partial charge in [-0.2, -0.15) is 0 Å². The van der Waals surface area contributed by atoms with E-state index in [0.29, 0.717) is 5.56 Å². The number of esters is 1. The van der Waals surface area contributed by atoms with Gasteiger partial charge in [0, 0.05) is 64.8 Å². The number of hydrogen-bond acceptors (Lipinski definition) is 13. The number of carbonyl (C=O) groups is 1. The number of nitrogens with one attached hydrogen (secondary N) is 4. The number of ether oxygens (including phenoxy) is 3. The van der Waals surface area contributed by atoms with Gasteiger partial charge in [-0.1, -0.05) is 23.3 Å². The van der Waals surface area contributed by atoms with Gasteiger partial charge in [0.2, 0.25) is 0 Å². The minimum absolute atomic E-state index is 0.0302. The van der Waals surface area contributed by atoms with Crippen LogP contribution in [-0.2, 0) is 34.5 Å². The molecular formula is C32H40N9O13P. The summed E-state index contributed by atoms with van der Waals surface area (Å²) < 4.78 is 36.4. The van der Waals surface area contributed by atoms with Crippen molar-refractivity contribution in [3.8, 4) is 0 Å². The van der Waals surface area contributed by atoms with E-state index in [-0.39, 0.29) is 31.4 Å². The van der Waals surface area contributed by atoms with Crippen molar-refractivity contribution < 1.29 is 43.2 Å². The van der Waals surface area contributed by atoms with E-state index in [9.17, 15) is 38.5 Å². The van der Waals surface area contributed by atoms with Crippen molar-refractivity contribution in [2.24, 2.45) is 5.11 Å². The topological polar surface area (TPSA) is 318 Å². The van der Waals surface area contributed by atoms with Crippen LogP contribution in [0.15, 0.2) is 67.1 Å². The van der Waals surface area contributed by atoms with Crippen LogP contribution in [-0.4, -0.2) is 95.9 Å². The molecule has 4 aromatic rings. The zero-order valence-corrected chi connectivity index (χ0v) is 30.6. The number of aliphatic hydroxyl groups is 2. The van der Waals surface area contributed by atoms with Gasteiger partial charge in [-0.05, 0) is 31.0 Å². The summed E-state index contributed by atoms with van der Waals surface area (Å²) in [5.74, 6) is -0.773. The molecule has 23 heteroatoms. The smallest absolute Gasteiger partial charge is 0.403 e. The number of aliphatic hydroxyl groups excluding tert-OH is 2. The summed E-state index contributed by atoms with van der Waals surface area (Å²) in [7, 11) is -3.44. The van der Waals surface area contributed by atoms with Crippen molar-refractivity contribution in [1.29, 1.82) is 0 Å². The predicted octanol–water partition coefficient (Wildman–Crippen LogP) is 0.269. The summed E-state index contributed by atoms with van der Waals surface area (Å²) in [6, 6.07) is 5.33. The predicted molar refractivity (Wildman–Crippen MR) is 192 cm³/mol. The third-order valence-electron chi connectivity index (χ3n) is 9.02. The van der Waals surface area contributed by atoms with Crippen LogP contribution in [0.2, 0.25) is 0 Å². The number of para-hydroxylation sites is 1. The number of H-pyrrole nitrogens is 3. The summed E-state index contributed by atoms with van der Waals surface area (Å²) in [6.45, 7) is 2.27. The van der Waals surface area contributed by atoms with Gasteiger partial charge < -0.3 is 34.3 Å². The average Bonchev–Trinajstić information content (AvgIpc) is 3.86. The number of azide groups is 1. The van der Waals surface area contributed by atoms with Gasteiger partial charge in [-0.3, -0.25) is 38.0 Å². The Morgan fingerprint density at radius 2 is 1.65 bits per heavy atom. The number of rotatable bonds is 12. The van der Waals surface area contributed by atoms with Gasteiger partial charge in [0.1, 0.15) is 24.6 Å². The molecule has 0 bridgehead atoms. The van der Waals surface area contributed by atoms with E-state index in [2.05, 4.69) is 30.1 Å². The third kappa shape index (κ3) is 9.75. The molecule has 0 amide bonds. The molecule has 2 aliphatic heterocycles. The van der Waals surface area contributed by atoms with Gasteiger partial charge in [0.05, 0.1) is 38.6 Å². The maximum absolute atomic E-state index is 12.9. The van der Waals surface area contributed by atoms with E-state index in [0.717, 1.165) is 28.1 Å². The second-order valence-electron chi connectivity index (χ2n) is 12.8. The molecule has 2 fully saturated rings. The lowest BCUT2D eigenvalue weighted by Crippen LogP contribution is -2.38. The molecule has 55 heavy (non-hydrogen) atoms. The molecule has 5 heterocycles. The fraction of sp³-hybridized carbons (Fsp3) is 0.469. The fourth-order valence-corrected chi connectivity index (χ4v) is 7.14. The summed E-state index contributed by atoms with van der Waals surface area (Å²) >= 11 is 0. The molecule has 2 saturated heterocycles. The molecule has 296 valence electrons. The average molecular weight is 790 g/mol. The van der Waals surface area contributed by atoms with Crippen LogP contribution in [0.4, 0.5) is 0 Å². The minimum atomic E-state index is -4.60. The van der Waals surface area contributed by atoms with E-state index >= 15 is 0 Å². The molecule has 1 aromatic carbocycles. The van der Waals surface area contributed by atoms with Gasteiger partial charge in [-0.25, -0.2) is 19.2 Å². The number of carbonyl (C=O) groups excluding carboxylic acids is 1. The second-order valence-corrected chi connectivity index (χ2v) is 14.4. The number of methoxy groups -OCH3 is 1. The standard InChI is InChI=1S/C22H26N7O8P.C10H14N2O5/c1-12-10-29(22(32)25-20(12)30)19-8-16(26-28-23)18(37-19)11-36-38(33,34)27-17(21(31)35-2)7-13-9-24-15-6-4-3-5-14(13)15;1-5-3-12(10(16)11-9(5)15)8-2-6(14)7(4-13)17-8/h3-6,9-10,16-19,24H,7-8,11H2,1-2H3,(H,25,30,32)(H2,27,33,34);3,6-8,13-14H,2,4H2,1H3,(H,11,15,16)/t16-,17-,18+,19+;6-,7+,8+/m00/s1. The maximum atomic E-state index is 12.9. The monoisotopic (exact) mass is 789 g/mol. The van der Waals surface area contributed by atoms with Crippen LogP contribution >= 0.6 is 7.75 Å². The lowest BCUT2D eigenvalue weighted by Gasteiger charge is -2.22. The number of nitrogens with zero attached hydrogens (tertiary/aromatic N) is 5. The van der Waals surface area contributed by atoms with Crippen LogP contribution in [0.25, 0.3) is 21.3 Å². The van der Waals surface area contributed by atoms with Crippen molar-refractivity contribution >= 4 is 24.6 Å². The van der Waals surface area contributed by atoms with E-state index in [1.807, 2.05) is 24.3 Å². The summed E-state index contributed by atoms with van der Waals surface area (Å²) in [4.78, 5) is 79.8. The highest BCUT2D eigenvalue weighted by Gasteiger charge is 2.39. The maximum Gasteiger partial charge on any atom is 0.403 e. The Labute approximate surface area is 309 Å². The summed E-state index contributed by atoms with van der Waals surface area (Å²) in [6.07, 6.45) is 0.596. The number of hydrogen-bond donors (Lipinski definition) is 7. The van der Waals surface area contributed by atoms with Crippen molar-refractivity contribution in [2.45, 2.75) is 76.0 Å². The fourth-order valence-electron chi connectivity index (χ4n) is 6.13. The van der Waals surface area contributed by atoms with Crippen molar-refractivity contribution in [2.75, 3.05) is 20.3 Å². The Morgan fingerprint density at radius 3 is 2.24 bits per heavy atom. The first-order valence-corrected chi connectivity index (χ1v) is 18.4. The second kappa shape index (κ2) is 17.5. The molecule has 22 nitrogen and oxygen atoms in total. The zero-order chi connectivity index (χ0) is 40.0. The Bertz CT molecular complexity index is 2350. The largest absolute Gasteiger partial charge is 0.468 e. The molecule has 6 rings (SSSR count). The summed E-state index contributed by atoms with van der Waals surface area (Å²) in [5, 5.41) is 25.3. The minimum Gasteiger partial charge on any atom is -0.468 e. The molecule has 7 N–H and O–H groups in total. The van der Waals surface area contributed by atoms with Crippen LogP contribution in [0.3, 0.4) is 0 Å². The van der Waals surface area contributed by atoms with E-state index in [1.54, 1.807) is 13.1 Å². The Morgan fingerprint density at radius 1 is 1.05 bits per heavy atom. The molecule has 8 atom stereocenters. The third-order valence-corrected chi connectivity index (χ3v) is 10.2. The number of fused-ring (bicyclic) bond motifs is 1. The van der Waals surface area contributed by atoms with Gasteiger partial charge in [-0.15, -0.1) is 0 Å². The van der Waals surface area contributed by atoms with E-state index < -0.39 is 85.7 Å². The van der Waals surface area contributed by atoms with Crippen LogP contribution < -0.4 is 27.6 Å². The van der Waals surface area contributed by atoms with Crippen LogP contribution in [0.1, 0.15) is 42.0 Å². The highest BCUT2D eigenvalue weighted by molar-refractivity contribution is 7.50. The van der Waals surface area contributed by atoms with Crippen molar-refractivity contribution in [3.63, 3.8) is 0 Å². The van der Waals surface area contributed by atoms with Crippen molar-refractivity contribution in [3.05, 3.63) is 112 Å². The van der Waals surface area contributed by atoms with E-state index in [1.165, 1.54) is 23.9 Å². The zero-order valence-electron chi connectivity index (χ0n) is 29.7. The molecule has 0 radical (unpaired) electrons. The SMILES string of the molecule is COC(=O)[C@H](Cc1c[nH]c2ccccc12)NP(=O)(O)OC[C@H]1O[C@@H](n2cc(C)c(=O)[nH]c2=O)C[C@@H]1N=[N+]=[N-].Cc1cn([C@H]2C[C@H](O)[C@@H](CO)O2)c(=O)[nH]c1=O. The highest BCUT2D eigenvalue weighted by atomic mass is 31.2. The molecule has 2 aliphatic rings. The van der Waals surface area contributed by atoms with Gasteiger partial charge in [0.25, 0.3) is 11.1 Å². The van der Waals surface area contributed by atoms with Crippen LogP contribution in [0, 0.1) is 13.8 Å². The number of aryl methyl sites for hydroxylation is 2. The number of benzene rings is 1. The quantitative estimate of drug-likeness (QED) is 0.0333. The molecule has 0 aliphatic carbocycles. The number of aromatic amines is 3. The molecule has 3 aromatic heterocycles.